The number of nitrogens with zero attached hydrogens (tertiary/aromatic N) is 1. The van der Waals surface area contributed by atoms with Gasteiger partial charge in [-0.1, -0.05) is 0 Å². The zero-order valence-corrected chi connectivity index (χ0v) is 15.0. The second-order valence-corrected chi connectivity index (χ2v) is 5.95. The molecular weight excluding hydrogens is 360 g/mol. The van der Waals surface area contributed by atoms with Crippen LogP contribution >= 0.6 is 11.3 Å². The number of nitrogens with two attached hydrogens (primary N) is 1. The minimum absolute atomic E-state index is 0.00239. The van der Waals surface area contributed by atoms with Crippen molar-refractivity contribution in [3.8, 4) is 11.5 Å². The fraction of sp³-hybridized carbons (Fsp3) is 0.250. The van der Waals surface area contributed by atoms with Gasteiger partial charge in [0.15, 0.2) is 16.6 Å². The van der Waals surface area contributed by atoms with Crippen LogP contribution < -0.4 is 25.8 Å². The number of ether oxygens (including phenoxy) is 2. The number of rotatable bonds is 8. The highest BCUT2D eigenvalue weighted by Crippen LogP contribution is 2.27. The van der Waals surface area contributed by atoms with Gasteiger partial charge in [-0.15, -0.1) is 11.3 Å². The van der Waals surface area contributed by atoms with E-state index >= 15 is 0 Å². The second-order valence-electron chi connectivity index (χ2n) is 5.09. The molecule has 0 bridgehead atoms. The van der Waals surface area contributed by atoms with E-state index < -0.39 is 17.7 Å². The van der Waals surface area contributed by atoms with Crippen LogP contribution in [0.4, 0.5) is 5.13 Å². The van der Waals surface area contributed by atoms with Gasteiger partial charge in [0, 0.05) is 10.9 Å². The Morgan fingerprint density at radius 1 is 1.19 bits per heavy atom. The molecule has 0 saturated carbocycles. The molecule has 138 valence electrons. The maximum Gasteiger partial charge on any atom is 0.251 e. The van der Waals surface area contributed by atoms with Crippen molar-refractivity contribution in [3.63, 3.8) is 0 Å². The highest BCUT2D eigenvalue weighted by atomic mass is 32.1. The summed E-state index contributed by atoms with van der Waals surface area (Å²) < 4.78 is 10.2. The molecule has 0 radical (unpaired) electrons. The number of primary amides is 1. The van der Waals surface area contributed by atoms with Gasteiger partial charge < -0.3 is 25.8 Å². The van der Waals surface area contributed by atoms with Crippen LogP contribution in [0.5, 0.6) is 11.5 Å². The molecule has 2 aromatic rings. The van der Waals surface area contributed by atoms with Gasteiger partial charge in [-0.3, -0.25) is 14.4 Å². The topological polar surface area (TPSA) is 133 Å². The molecule has 2 rings (SSSR count). The van der Waals surface area contributed by atoms with Crippen LogP contribution in [-0.2, 0) is 16.0 Å². The van der Waals surface area contributed by atoms with Crippen LogP contribution in [0.1, 0.15) is 16.1 Å². The van der Waals surface area contributed by atoms with Crippen molar-refractivity contribution in [2.75, 3.05) is 26.1 Å². The Kier molecular flexibility index (Phi) is 6.50. The lowest BCUT2D eigenvalue weighted by Crippen LogP contribution is -2.32. The van der Waals surface area contributed by atoms with Gasteiger partial charge >= 0.3 is 0 Å². The molecule has 1 heterocycles. The minimum Gasteiger partial charge on any atom is -0.493 e. The summed E-state index contributed by atoms with van der Waals surface area (Å²) in [6.45, 7) is -0.238. The molecule has 0 aliphatic carbocycles. The number of hydrogen-bond donors (Lipinski definition) is 3. The van der Waals surface area contributed by atoms with Gasteiger partial charge in [0.05, 0.1) is 32.9 Å². The maximum atomic E-state index is 12.1. The summed E-state index contributed by atoms with van der Waals surface area (Å²) in [6.07, 6.45) is 0.00239. The van der Waals surface area contributed by atoms with E-state index in [4.69, 9.17) is 15.2 Å². The van der Waals surface area contributed by atoms with Crippen molar-refractivity contribution in [1.29, 1.82) is 0 Å². The fourth-order valence-corrected chi connectivity index (χ4v) is 2.75. The molecule has 0 unspecified atom stereocenters. The summed E-state index contributed by atoms with van der Waals surface area (Å²) in [6, 6.07) is 4.68. The molecule has 0 fully saturated rings. The van der Waals surface area contributed by atoms with Gasteiger partial charge in [0.25, 0.3) is 5.91 Å². The third-order valence-corrected chi connectivity index (χ3v) is 4.02. The van der Waals surface area contributed by atoms with Crippen molar-refractivity contribution in [2.24, 2.45) is 5.73 Å². The number of methoxy groups -OCH3 is 2. The maximum absolute atomic E-state index is 12.1. The van der Waals surface area contributed by atoms with Crippen molar-refractivity contribution in [1.82, 2.24) is 10.3 Å². The first-order valence-electron chi connectivity index (χ1n) is 7.45. The smallest absolute Gasteiger partial charge is 0.251 e. The Morgan fingerprint density at radius 3 is 2.58 bits per heavy atom. The van der Waals surface area contributed by atoms with Crippen molar-refractivity contribution < 1.29 is 23.9 Å². The number of nitrogens with one attached hydrogen (secondary N) is 2. The molecule has 26 heavy (non-hydrogen) atoms. The molecule has 10 heteroatoms. The average molecular weight is 378 g/mol. The molecular formula is C16H18N4O5S. The van der Waals surface area contributed by atoms with E-state index in [2.05, 4.69) is 15.6 Å². The van der Waals surface area contributed by atoms with Gasteiger partial charge in [0.2, 0.25) is 11.8 Å². The highest BCUT2D eigenvalue weighted by molar-refractivity contribution is 7.13. The quantitative estimate of drug-likeness (QED) is 0.615. The summed E-state index contributed by atoms with van der Waals surface area (Å²) in [5, 5.41) is 7.00. The van der Waals surface area contributed by atoms with E-state index in [1.165, 1.54) is 31.6 Å². The predicted molar refractivity (Wildman–Crippen MR) is 95.5 cm³/mol. The molecule has 3 amide bonds. The van der Waals surface area contributed by atoms with Crippen LogP contribution in [0.2, 0.25) is 0 Å². The third kappa shape index (κ3) is 5.18. The highest BCUT2D eigenvalue weighted by Gasteiger charge is 2.13. The molecule has 0 atom stereocenters. The standard InChI is InChI=1S/C16H18N4O5S/c1-24-11-4-3-9(5-12(11)25-2)15(23)18-7-14(22)20-16-19-10(8-26-16)6-13(17)21/h3-5,8H,6-7H2,1-2H3,(H2,17,21)(H,18,23)(H,19,20,22). The Morgan fingerprint density at radius 2 is 1.92 bits per heavy atom. The Bertz CT molecular complexity index is 821. The van der Waals surface area contributed by atoms with Crippen molar-refractivity contribution >= 4 is 34.2 Å². The average Bonchev–Trinajstić information content (AvgIpc) is 3.04. The number of amides is 3. The Balaban J connectivity index is 1.89. The summed E-state index contributed by atoms with van der Waals surface area (Å²) in [4.78, 5) is 38.9. The second kappa shape index (κ2) is 8.81. The van der Waals surface area contributed by atoms with Crippen LogP contribution in [0.3, 0.4) is 0 Å². The lowest BCUT2D eigenvalue weighted by atomic mass is 10.2. The Hall–Kier alpha value is -3.14. The fourth-order valence-electron chi connectivity index (χ4n) is 2.03. The monoisotopic (exact) mass is 378 g/mol. The van der Waals surface area contributed by atoms with Crippen LogP contribution in [-0.4, -0.2) is 43.5 Å². The first-order valence-corrected chi connectivity index (χ1v) is 8.33. The van der Waals surface area contributed by atoms with Crippen LogP contribution in [0, 0.1) is 0 Å². The Labute approximate surface area is 153 Å². The van der Waals surface area contributed by atoms with Crippen LogP contribution in [0.25, 0.3) is 0 Å². The van der Waals surface area contributed by atoms with E-state index in [1.807, 2.05) is 0 Å². The normalized spacial score (nSPS) is 10.1. The molecule has 1 aromatic carbocycles. The lowest BCUT2D eigenvalue weighted by Gasteiger charge is -2.10. The van der Waals surface area contributed by atoms with E-state index in [0.29, 0.717) is 27.9 Å². The molecule has 9 nitrogen and oxygen atoms in total. The zero-order valence-electron chi connectivity index (χ0n) is 14.2. The van der Waals surface area contributed by atoms with Crippen molar-refractivity contribution in [3.05, 3.63) is 34.8 Å². The van der Waals surface area contributed by atoms with Gasteiger partial charge in [0.1, 0.15) is 0 Å². The molecule has 1 aromatic heterocycles. The van der Waals surface area contributed by atoms with Crippen molar-refractivity contribution in [2.45, 2.75) is 6.42 Å². The molecule has 4 N–H and O–H groups in total. The van der Waals surface area contributed by atoms with E-state index in [-0.39, 0.29) is 13.0 Å². The third-order valence-electron chi connectivity index (χ3n) is 3.21. The van der Waals surface area contributed by atoms with Gasteiger partial charge in [-0.05, 0) is 18.2 Å². The molecule has 0 spiro atoms. The van der Waals surface area contributed by atoms with E-state index in [0.717, 1.165) is 0 Å². The van der Waals surface area contributed by atoms with E-state index in [9.17, 15) is 14.4 Å². The number of benzene rings is 1. The van der Waals surface area contributed by atoms with Gasteiger partial charge in [-0.2, -0.15) is 0 Å². The number of carbonyl (C=O) groups is 3. The molecule has 0 aliphatic rings. The summed E-state index contributed by atoms with van der Waals surface area (Å²) in [7, 11) is 2.96. The van der Waals surface area contributed by atoms with E-state index in [1.54, 1.807) is 17.5 Å². The largest absolute Gasteiger partial charge is 0.493 e. The number of thiazole rings is 1. The van der Waals surface area contributed by atoms with Gasteiger partial charge in [-0.25, -0.2) is 4.98 Å². The molecule has 0 saturated heterocycles. The number of carbonyl (C=O) groups excluding carboxylic acids is 3. The lowest BCUT2D eigenvalue weighted by molar-refractivity contribution is -0.117. The minimum atomic E-state index is -0.504. The number of aromatic nitrogens is 1. The first kappa shape index (κ1) is 19.2. The van der Waals surface area contributed by atoms with Crippen LogP contribution in [0.15, 0.2) is 23.6 Å². The zero-order chi connectivity index (χ0) is 19.1. The predicted octanol–water partition coefficient (Wildman–Crippen LogP) is 0.557. The number of hydrogen-bond acceptors (Lipinski definition) is 7. The summed E-state index contributed by atoms with van der Waals surface area (Å²) in [5.41, 5.74) is 5.89. The first-order chi connectivity index (χ1) is 12.4. The summed E-state index contributed by atoms with van der Waals surface area (Å²) >= 11 is 1.17. The summed E-state index contributed by atoms with van der Waals surface area (Å²) in [5.74, 6) is -0.476. The number of anilines is 1. The molecule has 0 aliphatic heterocycles. The SMILES string of the molecule is COc1ccc(C(=O)NCC(=O)Nc2nc(CC(N)=O)cs2)cc1OC.